The largest absolute Gasteiger partial charge is 0.392 e. The average molecular weight is 275 g/mol. The number of aromatic nitrogens is 2. The van der Waals surface area contributed by atoms with Gasteiger partial charge < -0.3 is 10.3 Å². The number of fused-ring (bicyclic) bond motifs is 1. The van der Waals surface area contributed by atoms with Gasteiger partial charge in [-0.05, 0) is 43.5 Å². The number of hydrogen-bond acceptors (Lipinski definition) is 2. The zero-order chi connectivity index (χ0) is 14.0. The molecule has 0 aliphatic carbocycles. The third kappa shape index (κ3) is 2.95. The Kier molecular flexibility index (Phi) is 4.20. The van der Waals surface area contributed by atoms with Gasteiger partial charge in [-0.1, -0.05) is 25.6 Å². The Morgan fingerprint density at radius 3 is 2.63 bits per heavy atom. The van der Waals surface area contributed by atoms with Crippen LogP contribution in [-0.2, 0) is 13.0 Å². The van der Waals surface area contributed by atoms with Crippen molar-refractivity contribution in [2.75, 3.05) is 0 Å². The molecule has 0 saturated carbocycles. The van der Waals surface area contributed by atoms with Crippen LogP contribution in [-0.4, -0.2) is 14.5 Å². The second-order valence-electron chi connectivity index (χ2n) is 5.11. The van der Waals surface area contributed by atoms with Gasteiger partial charge in [0.15, 0.2) is 0 Å². The van der Waals surface area contributed by atoms with E-state index in [1.807, 2.05) is 0 Å². The Labute approximate surface area is 119 Å². The van der Waals surface area contributed by atoms with Gasteiger partial charge in [-0.2, -0.15) is 0 Å². The van der Waals surface area contributed by atoms with Crippen LogP contribution in [0, 0.1) is 13.8 Å². The van der Waals surface area contributed by atoms with Crippen molar-refractivity contribution >= 4 is 28.2 Å². The maximum atomic E-state index is 5.72. The molecule has 1 aromatic heterocycles. The maximum Gasteiger partial charge on any atom is 0.110 e. The van der Waals surface area contributed by atoms with E-state index in [2.05, 4.69) is 37.5 Å². The summed E-state index contributed by atoms with van der Waals surface area (Å²) in [6, 6.07) is 4.33. The fraction of sp³-hybridized carbons (Fsp3) is 0.467. The molecule has 0 spiro atoms. The molecule has 0 fully saturated rings. The van der Waals surface area contributed by atoms with Gasteiger partial charge in [-0.3, -0.25) is 0 Å². The van der Waals surface area contributed by atoms with Gasteiger partial charge in [-0.25, -0.2) is 4.98 Å². The summed E-state index contributed by atoms with van der Waals surface area (Å²) in [6.07, 6.45) is 3.28. The number of rotatable bonds is 5. The first-order valence-corrected chi connectivity index (χ1v) is 7.18. The summed E-state index contributed by atoms with van der Waals surface area (Å²) in [5, 5.41) is 0. The van der Waals surface area contributed by atoms with E-state index in [1.165, 1.54) is 11.1 Å². The van der Waals surface area contributed by atoms with E-state index >= 15 is 0 Å². The van der Waals surface area contributed by atoms with Crippen LogP contribution < -0.4 is 5.73 Å². The molecular weight excluding hydrogens is 254 g/mol. The summed E-state index contributed by atoms with van der Waals surface area (Å²) in [7, 11) is 0. The molecule has 0 radical (unpaired) electrons. The Morgan fingerprint density at radius 1 is 1.32 bits per heavy atom. The van der Waals surface area contributed by atoms with E-state index in [0.717, 1.165) is 36.1 Å². The van der Waals surface area contributed by atoms with Crippen LogP contribution in [0.5, 0.6) is 0 Å². The van der Waals surface area contributed by atoms with E-state index in [1.54, 1.807) is 0 Å². The molecule has 0 atom stereocenters. The average Bonchev–Trinajstić information content (AvgIpc) is 2.65. The number of nitrogens with two attached hydrogens (primary N) is 1. The van der Waals surface area contributed by atoms with Crippen molar-refractivity contribution in [1.29, 1.82) is 0 Å². The summed E-state index contributed by atoms with van der Waals surface area (Å²) < 4.78 is 2.17. The topological polar surface area (TPSA) is 43.8 Å². The van der Waals surface area contributed by atoms with Gasteiger partial charge in [0, 0.05) is 6.42 Å². The third-order valence-corrected chi connectivity index (χ3v) is 3.64. The highest BCUT2D eigenvalue weighted by Gasteiger charge is 2.12. The molecule has 2 rings (SSSR count). The number of thiocarbonyl (C=S) groups is 1. The van der Waals surface area contributed by atoms with Gasteiger partial charge in [-0.15, -0.1) is 0 Å². The lowest BCUT2D eigenvalue weighted by Crippen LogP contribution is -2.18. The minimum Gasteiger partial charge on any atom is -0.392 e. The lowest BCUT2D eigenvalue weighted by atomic mass is 10.1. The quantitative estimate of drug-likeness (QED) is 0.852. The van der Waals surface area contributed by atoms with E-state index in [0.29, 0.717) is 11.5 Å². The number of imidazole rings is 1. The molecule has 0 amide bonds. The number of aryl methyl sites for hydroxylation is 3. The van der Waals surface area contributed by atoms with Crippen molar-refractivity contribution in [3.05, 3.63) is 29.1 Å². The fourth-order valence-electron chi connectivity index (χ4n) is 2.29. The molecule has 2 aromatic rings. The van der Waals surface area contributed by atoms with Gasteiger partial charge in [0.2, 0.25) is 0 Å². The van der Waals surface area contributed by atoms with Crippen LogP contribution >= 0.6 is 12.2 Å². The summed E-state index contributed by atoms with van der Waals surface area (Å²) >= 11 is 5.07. The molecule has 19 heavy (non-hydrogen) atoms. The Morgan fingerprint density at radius 2 is 2.00 bits per heavy atom. The number of hydrogen-bond donors (Lipinski definition) is 1. The second-order valence-corrected chi connectivity index (χ2v) is 5.63. The third-order valence-electron chi connectivity index (χ3n) is 3.51. The standard InChI is InChI=1S/C15H21N3S/c1-4-5-6-15-17-12-7-10(2)11(3)8-13(12)18(15)9-14(16)19/h7-8H,4-6,9H2,1-3H3,(H2,16,19). The van der Waals surface area contributed by atoms with Crippen molar-refractivity contribution in [2.24, 2.45) is 5.73 Å². The smallest absolute Gasteiger partial charge is 0.110 e. The first-order valence-electron chi connectivity index (χ1n) is 6.77. The van der Waals surface area contributed by atoms with Crippen molar-refractivity contribution in [1.82, 2.24) is 9.55 Å². The van der Waals surface area contributed by atoms with Crippen molar-refractivity contribution in [2.45, 2.75) is 46.6 Å². The molecule has 1 heterocycles. The Hall–Kier alpha value is -1.42. The summed E-state index contributed by atoms with van der Waals surface area (Å²) in [5.74, 6) is 1.09. The first kappa shape index (κ1) is 14.0. The van der Waals surface area contributed by atoms with Crippen LogP contribution in [0.25, 0.3) is 11.0 Å². The predicted molar refractivity (Wildman–Crippen MR) is 84.6 cm³/mol. The van der Waals surface area contributed by atoms with E-state index in [-0.39, 0.29) is 0 Å². The molecule has 102 valence electrons. The fourth-order valence-corrected chi connectivity index (χ4v) is 2.42. The molecule has 0 bridgehead atoms. The lowest BCUT2D eigenvalue weighted by Gasteiger charge is -2.08. The van der Waals surface area contributed by atoms with Crippen molar-refractivity contribution in [3.63, 3.8) is 0 Å². The van der Waals surface area contributed by atoms with Crippen molar-refractivity contribution < 1.29 is 0 Å². The molecular formula is C15H21N3S. The highest BCUT2D eigenvalue weighted by atomic mass is 32.1. The second kappa shape index (κ2) is 5.70. The van der Waals surface area contributed by atoms with E-state index in [9.17, 15) is 0 Å². The molecule has 1 aromatic carbocycles. The number of unbranched alkanes of at least 4 members (excludes halogenated alkanes) is 1. The minimum absolute atomic E-state index is 0.510. The molecule has 4 heteroatoms. The zero-order valence-electron chi connectivity index (χ0n) is 11.9. The van der Waals surface area contributed by atoms with Crippen LogP contribution in [0.15, 0.2) is 12.1 Å². The van der Waals surface area contributed by atoms with Crippen LogP contribution in [0.4, 0.5) is 0 Å². The van der Waals surface area contributed by atoms with Crippen LogP contribution in [0.3, 0.4) is 0 Å². The van der Waals surface area contributed by atoms with Crippen LogP contribution in [0.2, 0.25) is 0 Å². The highest BCUT2D eigenvalue weighted by molar-refractivity contribution is 7.80. The van der Waals surface area contributed by atoms with Gasteiger partial charge >= 0.3 is 0 Å². The van der Waals surface area contributed by atoms with Gasteiger partial charge in [0.1, 0.15) is 5.82 Å². The SMILES string of the molecule is CCCCc1nc2cc(C)c(C)cc2n1CC(N)=S. The molecule has 0 aliphatic heterocycles. The molecule has 3 nitrogen and oxygen atoms in total. The number of benzene rings is 1. The summed E-state index contributed by atoms with van der Waals surface area (Å²) in [5.41, 5.74) is 10.5. The van der Waals surface area contributed by atoms with Gasteiger partial charge in [0.05, 0.1) is 22.6 Å². The lowest BCUT2D eigenvalue weighted by molar-refractivity contribution is 0.706. The normalized spacial score (nSPS) is 11.1. The molecule has 0 aliphatic rings. The minimum atomic E-state index is 0.510. The molecule has 0 unspecified atom stereocenters. The predicted octanol–water partition coefficient (Wildman–Crippen LogP) is 3.28. The summed E-state index contributed by atoms with van der Waals surface area (Å²) in [4.78, 5) is 5.26. The number of nitrogens with zero attached hydrogens (tertiary/aromatic N) is 2. The maximum absolute atomic E-state index is 5.72. The Bertz CT molecular complexity index is 613. The Balaban J connectivity index is 2.55. The van der Waals surface area contributed by atoms with Crippen LogP contribution in [0.1, 0.15) is 36.7 Å². The summed E-state index contributed by atoms with van der Waals surface area (Å²) in [6.45, 7) is 7.01. The van der Waals surface area contributed by atoms with Gasteiger partial charge in [0.25, 0.3) is 0 Å². The highest BCUT2D eigenvalue weighted by Crippen LogP contribution is 2.21. The first-order chi connectivity index (χ1) is 9.02. The molecule has 0 saturated heterocycles. The zero-order valence-corrected chi connectivity index (χ0v) is 12.7. The molecule has 2 N–H and O–H groups in total. The monoisotopic (exact) mass is 275 g/mol. The van der Waals surface area contributed by atoms with Crippen molar-refractivity contribution in [3.8, 4) is 0 Å². The van der Waals surface area contributed by atoms with E-state index < -0.39 is 0 Å². The van der Waals surface area contributed by atoms with E-state index in [4.69, 9.17) is 22.9 Å².